The molecule has 0 unspecified atom stereocenters. The van der Waals surface area contributed by atoms with Gasteiger partial charge in [-0.3, -0.25) is 9.59 Å². The minimum absolute atomic E-state index is 0.142. The molecule has 184 valence electrons. The van der Waals surface area contributed by atoms with Crippen molar-refractivity contribution in [3.05, 3.63) is 86.9 Å². The van der Waals surface area contributed by atoms with E-state index in [0.29, 0.717) is 22.0 Å². The number of nitrogens with one attached hydrogen (secondary N) is 2. The lowest BCUT2D eigenvalue weighted by Crippen LogP contribution is -2.20. The third-order valence-electron chi connectivity index (χ3n) is 5.19. The Labute approximate surface area is 219 Å². The van der Waals surface area contributed by atoms with Crippen molar-refractivity contribution in [2.75, 3.05) is 24.4 Å². The van der Waals surface area contributed by atoms with Crippen LogP contribution in [0.5, 0.6) is 11.5 Å². The number of rotatable bonds is 8. The molecule has 0 saturated carbocycles. The summed E-state index contributed by atoms with van der Waals surface area (Å²) in [7, 11) is 1.41. The molecule has 0 atom stereocenters. The van der Waals surface area contributed by atoms with Gasteiger partial charge in [0.2, 0.25) is 0 Å². The van der Waals surface area contributed by atoms with Gasteiger partial charge in [0.25, 0.3) is 11.8 Å². The second-order valence-corrected chi connectivity index (χ2v) is 8.59. The van der Waals surface area contributed by atoms with Gasteiger partial charge >= 0.3 is 0 Å². The van der Waals surface area contributed by atoms with Gasteiger partial charge < -0.3 is 20.1 Å². The maximum atomic E-state index is 12.6. The molecule has 3 aromatic rings. The highest BCUT2D eigenvalue weighted by Crippen LogP contribution is 2.37. The first kappa shape index (κ1) is 26.6. The summed E-state index contributed by atoms with van der Waals surface area (Å²) in [5.74, 6) is -0.616. The summed E-state index contributed by atoms with van der Waals surface area (Å²) in [6, 6.07) is 17.2. The summed E-state index contributed by atoms with van der Waals surface area (Å²) in [6.45, 7) is 3.64. The largest absolute Gasteiger partial charge is 0.493 e. The van der Waals surface area contributed by atoms with E-state index in [-0.39, 0.29) is 34.6 Å². The van der Waals surface area contributed by atoms with E-state index in [1.165, 1.54) is 19.3 Å². The topological polar surface area (TPSA) is 100 Å². The van der Waals surface area contributed by atoms with E-state index in [4.69, 9.17) is 32.7 Å². The molecule has 36 heavy (non-hydrogen) atoms. The summed E-state index contributed by atoms with van der Waals surface area (Å²) in [6.07, 6.45) is 1.36. The van der Waals surface area contributed by atoms with Crippen LogP contribution >= 0.6 is 23.2 Å². The number of aryl methyl sites for hydroxylation is 2. The number of halogens is 2. The molecule has 0 saturated heterocycles. The zero-order valence-corrected chi connectivity index (χ0v) is 21.3. The van der Waals surface area contributed by atoms with E-state index in [1.54, 1.807) is 30.3 Å². The molecular weight excluding hydrogens is 501 g/mol. The average Bonchev–Trinajstić information content (AvgIpc) is 2.85. The minimum atomic E-state index is -0.635. The lowest BCUT2D eigenvalue weighted by Gasteiger charge is -2.14. The van der Waals surface area contributed by atoms with E-state index in [0.717, 1.165) is 11.1 Å². The Morgan fingerprint density at radius 2 is 1.75 bits per heavy atom. The van der Waals surface area contributed by atoms with Gasteiger partial charge in [-0.2, -0.15) is 5.26 Å². The van der Waals surface area contributed by atoms with Crippen molar-refractivity contribution in [2.24, 2.45) is 0 Å². The van der Waals surface area contributed by atoms with E-state index in [2.05, 4.69) is 10.6 Å². The van der Waals surface area contributed by atoms with Crippen LogP contribution < -0.4 is 20.1 Å². The Kier molecular flexibility index (Phi) is 8.96. The van der Waals surface area contributed by atoms with Crippen molar-refractivity contribution in [1.82, 2.24) is 0 Å². The van der Waals surface area contributed by atoms with Gasteiger partial charge in [-0.1, -0.05) is 41.4 Å². The van der Waals surface area contributed by atoms with Crippen molar-refractivity contribution >= 4 is 52.5 Å². The highest BCUT2D eigenvalue weighted by atomic mass is 35.5. The predicted molar refractivity (Wildman–Crippen MR) is 142 cm³/mol. The van der Waals surface area contributed by atoms with E-state index in [9.17, 15) is 14.9 Å². The number of hydrogen-bond donors (Lipinski definition) is 2. The number of benzene rings is 3. The zero-order chi connectivity index (χ0) is 26.2. The number of methoxy groups -OCH3 is 1. The molecule has 0 heterocycles. The SMILES string of the molecule is COc1cc(/C=C(\C#N)C(=O)Nc2ccccc2Cl)cc(Cl)c1OCC(=O)Nc1ccc(C)c(C)c1. The number of para-hydroxylation sites is 1. The van der Waals surface area contributed by atoms with Crippen LogP contribution in [0.2, 0.25) is 10.0 Å². The van der Waals surface area contributed by atoms with E-state index < -0.39 is 5.91 Å². The standard InChI is InChI=1S/C27H23Cl2N3O4/c1-16-8-9-20(10-17(16)2)31-25(33)15-36-26-22(29)12-18(13-24(26)35-3)11-19(14-30)27(34)32-23-7-5-4-6-21(23)28/h4-13H,15H2,1-3H3,(H,31,33)(H,32,34)/b19-11+. The summed E-state index contributed by atoms with van der Waals surface area (Å²) >= 11 is 12.5. The number of anilines is 2. The molecule has 2 amide bonds. The molecule has 0 aromatic heterocycles. The van der Waals surface area contributed by atoms with E-state index >= 15 is 0 Å². The normalized spacial score (nSPS) is 10.8. The van der Waals surface area contributed by atoms with Crippen LogP contribution in [0.15, 0.2) is 60.2 Å². The molecular formula is C27H23Cl2N3O4. The van der Waals surface area contributed by atoms with Crippen LogP contribution in [0, 0.1) is 25.2 Å². The van der Waals surface area contributed by atoms with Crippen molar-refractivity contribution in [3.8, 4) is 17.6 Å². The van der Waals surface area contributed by atoms with Crippen molar-refractivity contribution in [1.29, 1.82) is 5.26 Å². The van der Waals surface area contributed by atoms with Crippen LogP contribution in [-0.2, 0) is 9.59 Å². The number of carbonyl (C=O) groups is 2. The predicted octanol–water partition coefficient (Wildman–Crippen LogP) is 6.18. The summed E-state index contributed by atoms with van der Waals surface area (Å²) in [5, 5.41) is 15.4. The van der Waals surface area contributed by atoms with Crippen molar-refractivity contribution in [3.63, 3.8) is 0 Å². The summed E-state index contributed by atoms with van der Waals surface area (Å²) in [5.41, 5.74) is 3.47. The molecule has 0 radical (unpaired) electrons. The second-order valence-electron chi connectivity index (χ2n) is 7.77. The molecule has 3 aromatic carbocycles. The maximum Gasteiger partial charge on any atom is 0.266 e. The van der Waals surface area contributed by atoms with Crippen LogP contribution in [0.3, 0.4) is 0 Å². The molecule has 3 rings (SSSR count). The Morgan fingerprint density at radius 3 is 2.42 bits per heavy atom. The first-order valence-corrected chi connectivity index (χ1v) is 11.5. The van der Waals surface area contributed by atoms with Gasteiger partial charge in [0, 0.05) is 5.69 Å². The third-order valence-corrected chi connectivity index (χ3v) is 5.80. The van der Waals surface area contributed by atoms with Gasteiger partial charge in [0.15, 0.2) is 18.1 Å². The summed E-state index contributed by atoms with van der Waals surface area (Å²) < 4.78 is 11.0. The smallest absolute Gasteiger partial charge is 0.266 e. The van der Waals surface area contributed by atoms with Crippen molar-refractivity contribution in [2.45, 2.75) is 13.8 Å². The fourth-order valence-corrected chi connectivity index (χ4v) is 3.64. The lowest BCUT2D eigenvalue weighted by molar-refractivity contribution is -0.118. The fraction of sp³-hybridized carbons (Fsp3) is 0.148. The Bertz CT molecular complexity index is 1380. The highest BCUT2D eigenvalue weighted by Gasteiger charge is 2.16. The Balaban J connectivity index is 1.74. The molecule has 2 N–H and O–H groups in total. The van der Waals surface area contributed by atoms with Gasteiger partial charge in [-0.15, -0.1) is 0 Å². The minimum Gasteiger partial charge on any atom is -0.493 e. The second kappa shape index (κ2) is 12.1. The van der Waals surface area contributed by atoms with Crippen LogP contribution in [-0.4, -0.2) is 25.5 Å². The number of ether oxygens (including phenoxy) is 2. The van der Waals surface area contributed by atoms with Gasteiger partial charge in [0.05, 0.1) is 22.8 Å². The first-order chi connectivity index (χ1) is 17.2. The molecule has 0 spiro atoms. The average molecular weight is 524 g/mol. The molecule has 0 aliphatic carbocycles. The van der Waals surface area contributed by atoms with Gasteiger partial charge in [-0.05, 0) is 73.0 Å². The number of hydrogen-bond acceptors (Lipinski definition) is 5. The van der Waals surface area contributed by atoms with Gasteiger partial charge in [0.1, 0.15) is 11.6 Å². The molecule has 9 heteroatoms. The molecule has 0 aliphatic rings. The van der Waals surface area contributed by atoms with Crippen molar-refractivity contribution < 1.29 is 19.1 Å². The number of carbonyl (C=O) groups excluding carboxylic acids is 2. The highest BCUT2D eigenvalue weighted by molar-refractivity contribution is 6.34. The maximum absolute atomic E-state index is 12.6. The van der Waals surface area contributed by atoms with Gasteiger partial charge in [-0.25, -0.2) is 0 Å². The number of nitrogens with zero attached hydrogens (tertiary/aromatic N) is 1. The molecule has 0 aliphatic heterocycles. The lowest BCUT2D eigenvalue weighted by atomic mass is 10.1. The van der Waals surface area contributed by atoms with E-state index in [1.807, 2.05) is 38.1 Å². The summed E-state index contributed by atoms with van der Waals surface area (Å²) in [4.78, 5) is 25.0. The Hall–Kier alpha value is -3.99. The molecule has 0 fully saturated rings. The monoisotopic (exact) mass is 523 g/mol. The number of amides is 2. The van der Waals surface area contributed by atoms with Crippen LogP contribution in [0.4, 0.5) is 11.4 Å². The third kappa shape index (κ3) is 6.79. The Morgan fingerprint density at radius 1 is 1.00 bits per heavy atom. The number of nitriles is 1. The quantitative estimate of drug-likeness (QED) is 0.271. The fourth-order valence-electron chi connectivity index (χ4n) is 3.18. The molecule has 7 nitrogen and oxygen atoms in total. The van der Waals surface area contributed by atoms with Crippen LogP contribution in [0.1, 0.15) is 16.7 Å². The molecule has 0 bridgehead atoms. The first-order valence-electron chi connectivity index (χ1n) is 10.8. The van der Waals surface area contributed by atoms with Crippen LogP contribution in [0.25, 0.3) is 6.08 Å². The zero-order valence-electron chi connectivity index (χ0n) is 19.8.